The molecule has 1 aromatic rings. The van der Waals surface area contributed by atoms with Crippen LogP contribution in [0, 0.1) is 13.8 Å². The normalized spacial score (nSPS) is 18.5. The monoisotopic (exact) mass is 268 g/mol. The van der Waals surface area contributed by atoms with Crippen molar-refractivity contribution < 1.29 is 13.6 Å². The van der Waals surface area contributed by atoms with Gasteiger partial charge in [-0.2, -0.15) is 0 Å². The number of amides is 1. The van der Waals surface area contributed by atoms with E-state index in [9.17, 15) is 13.6 Å². The van der Waals surface area contributed by atoms with Crippen LogP contribution in [0.4, 0.5) is 14.5 Å². The first-order chi connectivity index (χ1) is 8.85. The van der Waals surface area contributed by atoms with Gasteiger partial charge in [-0.3, -0.25) is 9.69 Å². The first-order valence-electron chi connectivity index (χ1n) is 6.33. The molecule has 0 spiro atoms. The zero-order chi connectivity index (χ0) is 14.0. The predicted molar refractivity (Wildman–Crippen MR) is 70.5 cm³/mol. The summed E-state index contributed by atoms with van der Waals surface area (Å²) in [5.41, 5.74) is 2.83. The van der Waals surface area contributed by atoms with E-state index in [-0.39, 0.29) is 32.0 Å². The highest BCUT2D eigenvalue weighted by atomic mass is 19.3. The number of carbonyl (C=O) groups excluding carboxylic acids is 1. The summed E-state index contributed by atoms with van der Waals surface area (Å²) < 4.78 is 26.0. The third kappa shape index (κ3) is 3.73. The lowest BCUT2D eigenvalue weighted by Gasteiger charge is -2.16. The molecule has 1 aromatic carbocycles. The van der Waals surface area contributed by atoms with E-state index >= 15 is 0 Å². The van der Waals surface area contributed by atoms with E-state index in [0.29, 0.717) is 0 Å². The van der Waals surface area contributed by atoms with Gasteiger partial charge >= 0.3 is 0 Å². The molecule has 0 bridgehead atoms. The second-order valence-electron chi connectivity index (χ2n) is 5.18. The number of hydrogen-bond donors (Lipinski definition) is 1. The van der Waals surface area contributed by atoms with Gasteiger partial charge in [-0.25, -0.2) is 8.78 Å². The number of rotatable bonds is 3. The number of alkyl halides is 2. The van der Waals surface area contributed by atoms with Crippen LogP contribution in [0.1, 0.15) is 17.5 Å². The van der Waals surface area contributed by atoms with Gasteiger partial charge in [0.2, 0.25) is 5.91 Å². The second-order valence-corrected chi connectivity index (χ2v) is 5.18. The van der Waals surface area contributed by atoms with E-state index in [4.69, 9.17) is 0 Å². The van der Waals surface area contributed by atoms with Crippen LogP contribution in [0.2, 0.25) is 0 Å². The number of carbonyl (C=O) groups is 1. The molecule has 1 saturated heterocycles. The second kappa shape index (κ2) is 5.25. The van der Waals surface area contributed by atoms with E-state index in [1.165, 1.54) is 4.90 Å². The molecule has 1 aliphatic heterocycles. The van der Waals surface area contributed by atoms with Crippen molar-refractivity contribution in [1.29, 1.82) is 0 Å². The quantitative estimate of drug-likeness (QED) is 0.914. The average molecular weight is 268 g/mol. The molecule has 0 unspecified atom stereocenters. The Bertz CT molecular complexity index is 488. The Morgan fingerprint density at radius 3 is 2.74 bits per heavy atom. The molecule has 1 aliphatic rings. The molecule has 104 valence electrons. The maximum atomic E-state index is 13.0. The Morgan fingerprint density at radius 1 is 1.42 bits per heavy atom. The number of nitrogens with zero attached hydrogens (tertiary/aromatic N) is 1. The zero-order valence-corrected chi connectivity index (χ0v) is 11.2. The van der Waals surface area contributed by atoms with Crippen molar-refractivity contribution in [2.75, 3.05) is 25.0 Å². The number of aryl methyl sites for hydroxylation is 2. The molecule has 0 atom stereocenters. The summed E-state index contributed by atoms with van der Waals surface area (Å²) in [6.45, 7) is 3.85. The Balaban J connectivity index is 1.91. The van der Waals surface area contributed by atoms with Crippen LogP contribution in [-0.4, -0.2) is 36.4 Å². The fraction of sp³-hybridized carbons (Fsp3) is 0.500. The van der Waals surface area contributed by atoms with Crippen LogP contribution in [0.5, 0.6) is 0 Å². The molecule has 1 heterocycles. The minimum Gasteiger partial charge on any atom is -0.325 e. The van der Waals surface area contributed by atoms with Crippen LogP contribution in [0.25, 0.3) is 0 Å². The smallest absolute Gasteiger partial charge is 0.261 e. The van der Waals surface area contributed by atoms with E-state index in [1.54, 1.807) is 0 Å². The minimum atomic E-state index is -2.65. The summed E-state index contributed by atoms with van der Waals surface area (Å²) >= 11 is 0. The number of nitrogens with one attached hydrogen (secondary N) is 1. The standard InChI is InChI=1S/C14H18F2N2O/c1-10-3-4-12(11(2)7-10)17-13(19)8-18-6-5-14(15,16)9-18/h3-4,7H,5-6,8-9H2,1-2H3,(H,17,19). The molecule has 19 heavy (non-hydrogen) atoms. The SMILES string of the molecule is Cc1ccc(NC(=O)CN2CCC(F)(F)C2)c(C)c1. The van der Waals surface area contributed by atoms with Crippen LogP contribution in [-0.2, 0) is 4.79 Å². The molecule has 0 aromatic heterocycles. The minimum absolute atomic E-state index is 0.0168. The van der Waals surface area contributed by atoms with Crippen molar-refractivity contribution >= 4 is 11.6 Å². The van der Waals surface area contributed by atoms with Gasteiger partial charge in [0.05, 0.1) is 13.1 Å². The van der Waals surface area contributed by atoms with Gasteiger partial charge < -0.3 is 5.32 Å². The zero-order valence-electron chi connectivity index (χ0n) is 11.2. The Labute approximate surface area is 111 Å². The van der Waals surface area contributed by atoms with E-state index in [1.807, 2.05) is 32.0 Å². The Hall–Kier alpha value is -1.49. The fourth-order valence-corrected chi connectivity index (χ4v) is 2.29. The van der Waals surface area contributed by atoms with Crippen molar-refractivity contribution in [3.05, 3.63) is 29.3 Å². The molecule has 0 radical (unpaired) electrons. The topological polar surface area (TPSA) is 32.3 Å². The molecule has 1 N–H and O–H groups in total. The largest absolute Gasteiger partial charge is 0.325 e. The fourth-order valence-electron chi connectivity index (χ4n) is 2.29. The molecule has 5 heteroatoms. The lowest BCUT2D eigenvalue weighted by molar-refractivity contribution is -0.117. The summed E-state index contributed by atoms with van der Waals surface area (Å²) in [7, 11) is 0. The van der Waals surface area contributed by atoms with Gasteiger partial charge in [-0.1, -0.05) is 17.7 Å². The number of anilines is 1. The van der Waals surface area contributed by atoms with E-state index in [2.05, 4.69) is 5.32 Å². The lowest BCUT2D eigenvalue weighted by atomic mass is 10.1. The van der Waals surface area contributed by atoms with Gasteiger partial charge in [0.25, 0.3) is 5.92 Å². The third-order valence-corrected chi connectivity index (χ3v) is 3.27. The maximum absolute atomic E-state index is 13.0. The van der Waals surface area contributed by atoms with Gasteiger partial charge in [0.15, 0.2) is 0 Å². The summed E-state index contributed by atoms with van der Waals surface area (Å²) in [5, 5.41) is 2.77. The van der Waals surface area contributed by atoms with Gasteiger partial charge in [-0.05, 0) is 25.5 Å². The number of hydrogen-bond acceptors (Lipinski definition) is 2. The number of halogens is 2. The van der Waals surface area contributed by atoms with Gasteiger partial charge in [0, 0.05) is 18.7 Å². The van der Waals surface area contributed by atoms with Gasteiger partial charge in [-0.15, -0.1) is 0 Å². The van der Waals surface area contributed by atoms with Gasteiger partial charge in [0.1, 0.15) is 0 Å². The van der Waals surface area contributed by atoms with E-state index < -0.39 is 5.92 Å². The Morgan fingerprint density at radius 2 is 2.16 bits per heavy atom. The van der Waals surface area contributed by atoms with Crippen molar-refractivity contribution in [3.8, 4) is 0 Å². The number of likely N-dealkylation sites (tertiary alicyclic amines) is 1. The summed E-state index contributed by atoms with van der Waals surface area (Å²) in [6, 6.07) is 5.72. The van der Waals surface area contributed by atoms with Crippen molar-refractivity contribution in [3.63, 3.8) is 0 Å². The van der Waals surface area contributed by atoms with Crippen LogP contribution < -0.4 is 5.32 Å². The highest BCUT2D eigenvalue weighted by Crippen LogP contribution is 2.26. The maximum Gasteiger partial charge on any atom is 0.261 e. The Kier molecular flexibility index (Phi) is 3.85. The highest BCUT2D eigenvalue weighted by molar-refractivity contribution is 5.93. The molecular formula is C14H18F2N2O. The first kappa shape index (κ1) is 13.9. The van der Waals surface area contributed by atoms with Crippen molar-refractivity contribution in [2.24, 2.45) is 0 Å². The molecule has 3 nitrogen and oxygen atoms in total. The van der Waals surface area contributed by atoms with Crippen LogP contribution >= 0.6 is 0 Å². The first-order valence-corrected chi connectivity index (χ1v) is 6.33. The molecule has 1 fully saturated rings. The number of benzene rings is 1. The highest BCUT2D eigenvalue weighted by Gasteiger charge is 2.38. The summed E-state index contributed by atoms with van der Waals surface area (Å²) in [5.74, 6) is -2.90. The third-order valence-electron chi connectivity index (χ3n) is 3.27. The lowest BCUT2D eigenvalue weighted by Crippen LogP contribution is -2.33. The van der Waals surface area contributed by atoms with Crippen LogP contribution in [0.3, 0.4) is 0 Å². The van der Waals surface area contributed by atoms with E-state index in [0.717, 1.165) is 16.8 Å². The predicted octanol–water partition coefficient (Wildman–Crippen LogP) is 2.58. The average Bonchev–Trinajstić information content (AvgIpc) is 2.62. The molecule has 0 aliphatic carbocycles. The van der Waals surface area contributed by atoms with Crippen LogP contribution in [0.15, 0.2) is 18.2 Å². The molecule has 0 saturated carbocycles. The van der Waals surface area contributed by atoms with Crippen molar-refractivity contribution in [2.45, 2.75) is 26.2 Å². The molecular weight excluding hydrogens is 250 g/mol. The summed E-state index contributed by atoms with van der Waals surface area (Å²) in [4.78, 5) is 13.3. The molecule has 1 amide bonds. The molecule has 2 rings (SSSR count). The summed E-state index contributed by atoms with van der Waals surface area (Å²) in [6.07, 6.45) is -0.163. The van der Waals surface area contributed by atoms with Crippen molar-refractivity contribution in [1.82, 2.24) is 4.90 Å².